The number of rotatable bonds is 10. The van der Waals surface area contributed by atoms with E-state index >= 15 is 0 Å². The zero-order chi connectivity index (χ0) is 22.6. The van der Waals surface area contributed by atoms with Gasteiger partial charge in [-0.3, -0.25) is 9.82 Å². The van der Waals surface area contributed by atoms with Crippen LogP contribution in [-0.2, 0) is 10.0 Å². The maximum Gasteiger partial charge on any atom is 0.262 e. The molecule has 1 atom stereocenters. The molecule has 0 aliphatic heterocycles. The van der Waals surface area contributed by atoms with Gasteiger partial charge < -0.3 is 15.2 Å². The number of benzene rings is 2. The average Bonchev–Trinajstić information content (AvgIpc) is 3.44. The van der Waals surface area contributed by atoms with Crippen LogP contribution in [0.5, 0.6) is 5.75 Å². The number of ether oxygens (including phenoxy) is 1. The quantitative estimate of drug-likeness (QED) is 0.250. The van der Waals surface area contributed by atoms with Gasteiger partial charge in [-0.15, -0.1) is 0 Å². The van der Waals surface area contributed by atoms with E-state index < -0.39 is 16.1 Å². The Morgan fingerprint density at radius 2 is 2.09 bits per heavy atom. The Hall–Kier alpha value is -2.63. The molecule has 11 heteroatoms. The van der Waals surface area contributed by atoms with Crippen LogP contribution in [0.4, 0.5) is 5.69 Å². The van der Waals surface area contributed by atoms with Crippen molar-refractivity contribution in [3.05, 3.63) is 70.0 Å². The predicted molar refractivity (Wildman–Crippen MR) is 126 cm³/mol. The van der Waals surface area contributed by atoms with E-state index in [1.165, 1.54) is 11.3 Å². The summed E-state index contributed by atoms with van der Waals surface area (Å²) < 4.78 is 33.0. The fraction of sp³-hybridized carbons (Fsp3) is 0.190. The first-order valence-corrected chi connectivity index (χ1v) is 12.5. The Bertz CT molecular complexity index is 1290. The van der Waals surface area contributed by atoms with E-state index in [4.69, 9.17) is 16.3 Å². The van der Waals surface area contributed by atoms with Gasteiger partial charge in [0.05, 0.1) is 16.5 Å². The lowest BCUT2D eigenvalue weighted by Crippen LogP contribution is -2.26. The summed E-state index contributed by atoms with van der Waals surface area (Å²) in [5, 5.41) is 24.9. The lowest BCUT2D eigenvalue weighted by atomic mass is 10.1. The molecule has 2 heterocycles. The number of anilines is 1. The predicted octanol–water partition coefficient (Wildman–Crippen LogP) is 3.78. The molecule has 4 aromatic rings. The standard InChI is InChI=1S/C21H21ClN4O4S2/c22-21-18-5-4-16(11-19(18)24-25-21)30-8-7-23-12-20(27)14-2-1-3-15(10-14)26-32(28,29)17-6-9-31-13-17/h1-6,9-11,13,20,23,26-27H,7-8,12H2,(H,24,25). The first-order valence-electron chi connectivity index (χ1n) is 9.72. The van der Waals surface area contributed by atoms with Gasteiger partial charge in [-0.25, -0.2) is 8.42 Å². The smallest absolute Gasteiger partial charge is 0.262 e. The fourth-order valence-electron chi connectivity index (χ4n) is 3.08. The van der Waals surface area contributed by atoms with Crippen LogP contribution >= 0.6 is 22.9 Å². The summed E-state index contributed by atoms with van der Waals surface area (Å²) in [5.74, 6) is 0.686. The highest BCUT2D eigenvalue weighted by Crippen LogP contribution is 2.24. The minimum absolute atomic E-state index is 0.213. The molecule has 2 aromatic carbocycles. The fourth-order valence-corrected chi connectivity index (χ4v) is 5.37. The molecule has 0 saturated heterocycles. The molecular formula is C21H21ClN4O4S2. The SMILES string of the molecule is O=S(=O)(Nc1cccc(C(O)CNCCOc2ccc3c(Cl)n[nH]c3c2)c1)c1ccsc1. The number of aromatic nitrogens is 2. The Morgan fingerprint density at radius 3 is 2.91 bits per heavy atom. The Kier molecular flexibility index (Phi) is 6.97. The topological polar surface area (TPSA) is 116 Å². The number of H-pyrrole nitrogens is 1. The average molecular weight is 493 g/mol. The second kappa shape index (κ2) is 9.88. The molecule has 8 nitrogen and oxygen atoms in total. The third-order valence-corrected chi connectivity index (χ3v) is 7.20. The number of aliphatic hydroxyl groups is 1. The highest BCUT2D eigenvalue weighted by Gasteiger charge is 2.15. The van der Waals surface area contributed by atoms with Crippen molar-refractivity contribution < 1.29 is 18.3 Å². The van der Waals surface area contributed by atoms with Crippen LogP contribution in [0.1, 0.15) is 11.7 Å². The van der Waals surface area contributed by atoms with Gasteiger partial charge in [0.1, 0.15) is 12.4 Å². The van der Waals surface area contributed by atoms with Crippen molar-refractivity contribution in [2.45, 2.75) is 11.0 Å². The van der Waals surface area contributed by atoms with Gasteiger partial charge in [-0.05, 0) is 41.3 Å². The number of halogens is 1. The Labute approximate surface area is 194 Å². The second-order valence-electron chi connectivity index (χ2n) is 6.98. The van der Waals surface area contributed by atoms with Crippen molar-refractivity contribution >= 4 is 49.6 Å². The summed E-state index contributed by atoms with van der Waals surface area (Å²) in [6, 6.07) is 13.7. The molecule has 0 bridgehead atoms. The third kappa shape index (κ3) is 5.40. The molecule has 0 fully saturated rings. The van der Waals surface area contributed by atoms with Crippen LogP contribution in [0.2, 0.25) is 5.15 Å². The molecule has 32 heavy (non-hydrogen) atoms. The number of nitrogens with zero attached hydrogens (tertiary/aromatic N) is 1. The van der Waals surface area contributed by atoms with E-state index in [0.717, 1.165) is 10.9 Å². The normalized spacial score (nSPS) is 12.7. The van der Waals surface area contributed by atoms with Crippen LogP contribution in [0, 0.1) is 0 Å². The molecule has 168 valence electrons. The van der Waals surface area contributed by atoms with Gasteiger partial charge >= 0.3 is 0 Å². The number of hydrogen-bond donors (Lipinski definition) is 4. The number of thiophene rings is 1. The van der Waals surface area contributed by atoms with Gasteiger partial charge in [0.2, 0.25) is 0 Å². The van der Waals surface area contributed by atoms with E-state index in [1.807, 2.05) is 18.2 Å². The van der Waals surface area contributed by atoms with Gasteiger partial charge in [-0.1, -0.05) is 23.7 Å². The van der Waals surface area contributed by atoms with Crippen molar-refractivity contribution in [3.8, 4) is 5.75 Å². The van der Waals surface area contributed by atoms with E-state index in [9.17, 15) is 13.5 Å². The summed E-state index contributed by atoms with van der Waals surface area (Å²) in [7, 11) is -3.64. The molecule has 0 aliphatic rings. The second-order valence-corrected chi connectivity index (χ2v) is 9.80. The number of fused-ring (bicyclic) bond motifs is 1. The van der Waals surface area contributed by atoms with Crippen molar-refractivity contribution in [3.63, 3.8) is 0 Å². The molecule has 0 amide bonds. The van der Waals surface area contributed by atoms with Crippen LogP contribution in [0.25, 0.3) is 10.9 Å². The number of nitrogens with one attached hydrogen (secondary N) is 3. The first kappa shape index (κ1) is 22.6. The van der Waals surface area contributed by atoms with Gasteiger partial charge in [0, 0.05) is 35.6 Å². The molecule has 0 radical (unpaired) electrons. The monoisotopic (exact) mass is 492 g/mol. The zero-order valence-electron chi connectivity index (χ0n) is 16.8. The number of hydrogen-bond acceptors (Lipinski definition) is 7. The van der Waals surface area contributed by atoms with Crippen molar-refractivity contribution in [1.29, 1.82) is 0 Å². The minimum Gasteiger partial charge on any atom is -0.492 e. The molecule has 0 spiro atoms. The van der Waals surface area contributed by atoms with E-state index in [2.05, 4.69) is 20.2 Å². The largest absolute Gasteiger partial charge is 0.492 e. The van der Waals surface area contributed by atoms with E-state index in [-0.39, 0.29) is 4.90 Å². The molecule has 0 saturated carbocycles. The minimum atomic E-state index is -3.64. The third-order valence-electron chi connectivity index (χ3n) is 4.70. The first-order chi connectivity index (χ1) is 15.4. The molecule has 2 aromatic heterocycles. The zero-order valence-corrected chi connectivity index (χ0v) is 19.2. The van der Waals surface area contributed by atoms with E-state index in [1.54, 1.807) is 41.1 Å². The lowest BCUT2D eigenvalue weighted by molar-refractivity contribution is 0.172. The molecule has 4 N–H and O–H groups in total. The van der Waals surface area contributed by atoms with Crippen LogP contribution in [0.3, 0.4) is 0 Å². The highest BCUT2D eigenvalue weighted by molar-refractivity contribution is 7.92. The Balaban J connectivity index is 1.25. The molecule has 4 rings (SSSR count). The van der Waals surface area contributed by atoms with Crippen molar-refractivity contribution in [2.75, 3.05) is 24.4 Å². The van der Waals surface area contributed by atoms with Gasteiger partial charge in [0.15, 0.2) is 5.15 Å². The maximum atomic E-state index is 12.4. The molecule has 0 aliphatic carbocycles. The number of aliphatic hydroxyl groups excluding tert-OH is 1. The summed E-state index contributed by atoms with van der Waals surface area (Å²) in [5.41, 5.74) is 1.79. The van der Waals surface area contributed by atoms with E-state index in [0.29, 0.717) is 41.8 Å². The van der Waals surface area contributed by atoms with Crippen molar-refractivity contribution in [2.24, 2.45) is 0 Å². The van der Waals surface area contributed by atoms with Crippen LogP contribution in [0.15, 0.2) is 64.2 Å². The summed E-state index contributed by atoms with van der Waals surface area (Å²) >= 11 is 7.28. The van der Waals surface area contributed by atoms with Crippen LogP contribution < -0.4 is 14.8 Å². The Morgan fingerprint density at radius 1 is 1.22 bits per heavy atom. The summed E-state index contributed by atoms with van der Waals surface area (Å²) in [6.07, 6.45) is -0.802. The van der Waals surface area contributed by atoms with Gasteiger partial charge in [-0.2, -0.15) is 16.4 Å². The lowest BCUT2D eigenvalue weighted by Gasteiger charge is -2.14. The highest BCUT2D eigenvalue weighted by atomic mass is 35.5. The summed E-state index contributed by atoms with van der Waals surface area (Å²) in [6.45, 7) is 1.21. The van der Waals surface area contributed by atoms with Crippen molar-refractivity contribution in [1.82, 2.24) is 15.5 Å². The summed E-state index contributed by atoms with van der Waals surface area (Å²) in [4.78, 5) is 0.213. The van der Waals surface area contributed by atoms with Crippen LogP contribution in [-0.4, -0.2) is 43.4 Å². The van der Waals surface area contributed by atoms with Gasteiger partial charge in [0.25, 0.3) is 10.0 Å². The molecule has 1 unspecified atom stereocenters. The number of aromatic amines is 1. The molecular weight excluding hydrogens is 472 g/mol. The number of sulfonamides is 1. The maximum absolute atomic E-state index is 12.4.